The number of nitrogens with zero attached hydrogens (tertiary/aromatic N) is 1. The Kier molecular flexibility index (Phi) is 5.28. The van der Waals surface area contributed by atoms with E-state index < -0.39 is 0 Å². The van der Waals surface area contributed by atoms with Crippen LogP contribution in [-0.4, -0.2) is 4.98 Å². The molecule has 1 aromatic heterocycles. The van der Waals surface area contributed by atoms with Crippen molar-refractivity contribution in [2.75, 3.05) is 0 Å². The van der Waals surface area contributed by atoms with E-state index in [2.05, 4.69) is 56.3 Å². The van der Waals surface area contributed by atoms with Crippen LogP contribution in [0, 0.1) is 11.9 Å². The van der Waals surface area contributed by atoms with Crippen LogP contribution in [0.25, 0.3) is 44.4 Å². The average Bonchev–Trinajstić information content (AvgIpc) is 3.06. The number of aromatic nitrogens is 1. The normalized spacial score (nSPS) is 13.3. The maximum atomic E-state index is 14.9. The Morgan fingerprint density at radius 2 is 1.52 bits per heavy atom. The number of halogens is 1. The number of hydrogen-bond donors (Lipinski definition) is 0. The van der Waals surface area contributed by atoms with Gasteiger partial charge in [-0.1, -0.05) is 91.7 Å². The monoisotopic (exact) mass is 607 g/mol. The predicted molar refractivity (Wildman–Crippen MR) is 129 cm³/mol. The molecule has 0 N–H and O–H groups in total. The second kappa shape index (κ2) is 8.02. The summed E-state index contributed by atoms with van der Waals surface area (Å²) < 4.78 is 14.9. The standard InChI is InChI=1S/C30H21FN.Ir/c1-30(2)24-12-7-6-11-21(24)22-16-15-20(17-25(22)30)28-18-23(19-9-4-3-5-10-19)29-26(31)13-8-14-27(29)32-28;/h3-14,16-18H,1-2H3;/q-1;. The summed E-state index contributed by atoms with van der Waals surface area (Å²) in [6.07, 6.45) is 0. The molecule has 3 heteroatoms. The van der Waals surface area contributed by atoms with Gasteiger partial charge in [-0.2, -0.15) is 0 Å². The summed E-state index contributed by atoms with van der Waals surface area (Å²) in [5, 5.41) is 0.552. The Morgan fingerprint density at radius 3 is 2.33 bits per heavy atom. The van der Waals surface area contributed by atoms with E-state index in [9.17, 15) is 4.39 Å². The molecule has 0 aliphatic heterocycles. The number of pyridine rings is 1. The van der Waals surface area contributed by atoms with Crippen LogP contribution in [0.4, 0.5) is 4.39 Å². The largest absolute Gasteiger partial charge is 0.296 e. The molecule has 1 nitrogen and oxygen atoms in total. The Morgan fingerprint density at radius 1 is 0.758 bits per heavy atom. The smallest absolute Gasteiger partial charge is 0.133 e. The number of rotatable bonds is 2. The maximum Gasteiger partial charge on any atom is 0.133 e. The second-order valence-corrected chi connectivity index (χ2v) is 8.90. The molecule has 1 heterocycles. The summed E-state index contributed by atoms with van der Waals surface area (Å²) in [6, 6.07) is 33.4. The molecule has 1 aliphatic carbocycles. The van der Waals surface area contributed by atoms with Gasteiger partial charge in [0.1, 0.15) is 5.82 Å². The van der Waals surface area contributed by atoms with Crippen molar-refractivity contribution in [2.45, 2.75) is 19.3 Å². The molecule has 0 bridgehead atoms. The predicted octanol–water partition coefficient (Wildman–Crippen LogP) is 7.81. The molecule has 0 fully saturated rings. The molecule has 6 rings (SSSR count). The van der Waals surface area contributed by atoms with Crippen molar-refractivity contribution in [1.29, 1.82) is 0 Å². The van der Waals surface area contributed by atoms with Crippen LogP contribution in [0.15, 0.2) is 91.0 Å². The van der Waals surface area contributed by atoms with E-state index in [0.717, 1.165) is 22.4 Å². The summed E-state index contributed by atoms with van der Waals surface area (Å²) in [5.41, 5.74) is 9.20. The van der Waals surface area contributed by atoms with E-state index in [1.807, 2.05) is 42.5 Å². The summed E-state index contributed by atoms with van der Waals surface area (Å²) in [5.74, 6) is -0.255. The van der Waals surface area contributed by atoms with Crippen LogP contribution in [0.1, 0.15) is 25.0 Å². The SMILES string of the molecule is CC1(C)c2ccccc2-c2c[c-]c(-c3cc(-c4ccccc4)c4c(F)cccc4n3)cc21.[Ir]. The molecule has 5 aromatic rings. The first-order valence-corrected chi connectivity index (χ1v) is 10.9. The zero-order valence-electron chi connectivity index (χ0n) is 18.3. The summed E-state index contributed by atoms with van der Waals surface area (Å²) >= 11 is 0. The van der Waals surface area contributed by atoms with Crippen molar-refractivity contribution in [2.24, 2.45) is 0 Å². The zero-order valence-corrected chi connectivity index (χ0v) is 20.7. The third-order valence-corrected chi connectivity index (χ3v) is 6.66. The molecular weight excluding hydrogens is 586 g/mol. The molecule has 1 aliphatic rings. The van der Waals surface area contributed by atoms with E-state index in [1.54, 1.807) is 6.07 Å². The van der Waals surface area contributed by atoms with E-state index >= 15 is 0 Å². The van der Waals surface area contributed by atoms with Crippen LogP contribution in [-0.2, 0) is 25.5 Å². The van der Waals surface area contributed by atoms with Crippen molar-refractivity contribution in [3.63, 3.8) is 0 Å². The average molecular weight is 607 g/mol. The van der Waals surface area contributed by atoms with Crippen LogP contribution >= 0.6 is 0 Å². The Hall–Kier alpha value is -3.13. The summed E-state index contributed by atoms with van der Waals surface area (Å²) in [7, 11) is 0. The van der Waals surface area contributed by atoms with Gasteiger partial charge < -0.3 is 0 Å². The molecule has 1 radical (unpaired) electrons. The van der Waals surface area contributed by atoms with Crippen molar-refractivity contribution in [1.82, 2.24) is 4.98 Å². The zero-order chi connectivity index (χ0) is 21.9. The molecule has 0 amide bonds. The van der Waals surface area contributed by atoms with Crippen LogP contribution in [0.5, 0.6) is 0 Å². The minimum absolute atomic E-state index is 0. The van der Waals surface area contributed by atoms with E-state index in [0.29, 0.717) is 10.9 Å². The molecule has 33 heavy (non-hydrogen) atoms. The third kappa shape index (κ3) is 3.35. The van der Waals surface area contributed by atoms with Gasteiger partial charge in [0.25, 0.3) is 0 Å². The van der Waals surface area contributed by atoms with Crippen molar-refractivity contribution >= 4 is 10.9 Å². The first-order valence-electron chi connectivity index (χ1n) is 10.9. The first-order chi connectivity index (χ1) is 15.5. The van der Waals surface area contributed by atoms with Crippen LogP contribution in [0.3, 0.4) is 0 Å². The Bertz CT molecular complexity index is 1510. The van der Waals surface area contributed by atoms with Crippen LogP contribution in [0.2, 0.25) is 0 Å². The fourth-order valence-electron chi connectivity index (χ4n) is 5.01. The van der Waals surface area contributed by atoms with Gasteiger partial charge >= 0.3 is 0 Å². The van der Waals surface area contributed by atoms with E-state index in [4.69, 9.17) is 4.98 Å². The summed E-state index contributed by atoms with van der Waals surface area (Å²) in [6.45, 7) is 4.53. The molecular formula is C30H21FIrN-. The van der Waals surface area contributed by atoms with Gasteiger partial charge in [0.2, 0.25) is 0 Å². The maximum absolute atomic E-state index is 14.9. The molecule has 0 spiro atoms. The van der Waals surface area contributed by atoms with Gasteiger partial charge in [-0.25, -0.2) is 4.39 Å². The quantitative estimate of drug-likeness (QED) is 0.187. The fraction of sp³-hybridized carbons (Fsp3) is 0.100. The Labute approximate surface area is 206 Å². The van der Waals surface area contributed by atoms with Crippen molar-refractivity contribution < 1.29 is 24.5 Å². The molecule has 0 unspecified atom stereocenters. The summed E-state index contributed by atoms with van der Waals surface area (Å²) in [4.78, 5) is 4.84. The minimum Gasteiger partial charge on any atom is -0.296 e. The van der Waals surface area contributed by atoms with Gasteiger partial charge in [-0.15, -0.1) is 29.3 Å². The van der Waals surface area contributed by atoms with Crippen LogP contribution < -0.4 is 0 Å². The molecule has 163 valence electrons. The van der Waals surface area contributed by atoms with Gasteiger partial charge in [-0.05, 0) is 39.9 Å². The number of benzene rings is 4. The fourth-order valence-corrected chi connectivity index (χ4v) is 5.01. The topological polar surface area (TPSA) is 12.9 Å². The second-order valence-electron chi connectivity index (χ2n) is 8.90. The molecule has 0 atom stereocenters. The molecule has 0 saturated heterocycles. The number of fused-ring (bicyclic) bond motifs is 4. The van der Waals surface area contributed by atoms with Gasteiger partial charge in [0, 0.05) is 25.5 Å². The third-order valence-electron chi connectivity index (χ3n) is 6.66. The van der Waals surface area contributed by atoms with E-state index in [-0.39, 0.29) is 31.3 Å². The molecule has 4 aromatic carbocycles. The Balaban J connectivity index is 0.00000228. The van der Waals surface area contributed by atoms with Gasteiger partial charge in [0.05, 0.1) is 5.52 Å². The number of hydrogen-bond acceptors (Lipinski definition) is 1. The van der Waals surface area contributed by atoms with Gasteiger partial charge in [-0.3, -0.25) is 4.98 Å². The van der Waals surface area contributed by atoms with E-state index in [1.165, 1.54) is 28.3 Å². The van der Waals surface area contributed by atoms with Gasteiger partial charge in [0.15, 0.2) is 0 Å². The van der Waals surface area contributed by atoms with Crippen molar-refractivity contribution in [3.8, 4) is 33.5 Å². The van der Waals surface area contributed by atoms with Crippen molar-refractivity contribution in [3.05, 3.63) is 114 Å². The molecule has 0 saturated carbocycles. The minimum atomic E-state index is -0.255. The first kappa shape index (κ1) is 21.7.